The molecule has 4 saturated carbocycles. The van der Waals surface area contributed by atoms with Crippen molar-refractivity contribution in [3.8, 4) is 0 Å². The molecule has 290 valence electrons. The summed E-state index contributed by atoms with van der Waals surface area (Å²) in [6.45, 7) is 22.5. The molecule has 0 aromatic heterocycles. The zero-order valence-electron chi connectivity index (χ0n) is 33.8. The maximum absolute atomic E-state index is 13.1. The molecule has 0 bridgehead atoms. The number of hydrogen-bond acceptors (Lipinski definition) is 8. The SMILES string of the molecule is C/C=C(/C)C(=O)OC[C@@H]1C2CC[C@]3(C)C(CC=C4C5CC(C)(C)[C@@H](O)C[C@]5(COC(=O)/C(C)=C\C)[C@H](O)C[C@]43C)[C@@]2(C)CC[C@@H]1OC(=O)/C(C)=C\C. The van der Waals surface area contributed by atoms with Crippen LogP contribution in [0.25, 0.3) is 0 Å². The Bertz CT molecular complexity index is 1550. The molecule has 0 radical (unpaired) electrons. The van der Waals surface area contributed by atoms with Crippen LogP contribution in [0.5, 0.6) is 0 Å². The van der Waals surface area contributed by atoms with Gasteiger partial charge in [0.2, 0.25) is 0 Å². The molecule has 0 aliphatic heterocycles. The third-order valence-corrected chi connectivity index (χ3v) is 15.8. The molecular formula is C44H66O8. The molecule has 0 aromatic rings. The molecule has 0 aromatic carbocycles. The lowest BCUT2D eigenvalue weighted by atomic mass is 9.34. The van der Waals surface area contributed by atoms with Crippen LogP contribution in [0.1, 0.15) is 128 Å². The van der Waals surface area contributed by atoms with Gasteiger partial charge in [0.05, 0.1) is 18.8 Å². The Morgan fingerprint density at radius 2 is 1.38 bits per heavy atom. The van der Waals surface area contributed by atoms with Crippen molar-refractivity contribution in [2.75, 3.05) is 13.2 Å². The van der Waals surface area contributed by atoms with E-state index in [-0.39, 0.29) is 82.6 Å². The molecule has 52 heavy (non-hydrogen) atoms. The zero-order valence-corrected chi connectivity index (χ0v) is 33.8. The number of esters is 3. The van der Waals surface area contributed by atoms with E-state index in [1.54, 1.807) is 39.0 Å². The normalized spacial score (nSPS) is 41.7. The Hall–Kier alpha value is -2.71. The molecule has 0 heterocycles. The van der Waals surface area contributed by atoms with E-state index in [0.29, 0.717) is 42.4 Å². The van der Waals surface area contributed by atoms with Crippen LogP contribution in [0.15, 0.2) is 46.6 Å². The minimum atomic E-state index is -0.776. The van der Waals surface area contributed by atoms with Crippen LogP contribution in [-0.4, -0.2) is 59.6 Å². The van der Waals surface area contributed by atoms with E-state index in [0.717, 1.165) is 25.7 Å². The molecule has 8 nitrogen and oxygen atoms in total. The van der Waals surface area contributed by atoms with Gasteiger partial charge in [-0.15, -0.1) is 0 Å². The Balaban J connectivity index is 1.53. The number of aliphatic hydroxyl groups excluding tert-OH is 2. The Labute approximate surface area is 312 Å². The average Bonchev–Trinajstić information content (AvgIpc) is 3.10. The molecule has 0 spiro atoms. The molecule has 3 unspecified atom stereocenters. The highest BCUT2D eigenvalue weighted by Gasteiger charge is 2.70. The van der Waals surface area contributed by atoms with E-state index in [4.69, 9.17) is 14.2 Å². The third kappa shape index (κ3) is 6.46. The summed E-state index contributed by atoms with van der Waals surface area (Å²) in [5.74, 6) is -0.760. The zero-order chi connectivity index (χ0) is 38.6. The van der Waals surface area contributed by atoms with Crippen LogP contribution >= 0.6 is 0 Å². The Morgan fingerprint density at radius 3 is 2.00 bits per heavy atom. The second-order valence-electron chi connectivity index (χ2n) is 18.5. The number of ether oxygens (including phenoxy) is 3. The lowest BCUT2D eigenvalue weighted by Crippen LogP contribution is -2.67. The molecule has 2 N–H and O–H groups in total. The molecule has 0 amide bonds. The number of allylic oxidation sites excluding steroid dienone is 5. The van der Waals surface area contributed by atoms with Gasteiger partial charge in [0.1, 0.15) is 12.7 Å². The van der Waals surface area contributed by atoms with Crippen LogP contribution in [-0.2, 0) is 28.6 Å². The van der Waals surface area contributed by atoms with Crippen molar-refractivity contribution < 1.29 is 38.8 Å². The van der Waals surface area contributed by atoms with Gasteiger partial charge in [0.25, 0.3) is 0 Å². The summed E-state index contributed by atoms with van der Waals surface area (Å²) >= 11 is 0. The van der Waals surface area contributed by atoms with Crippen LogP contribution in [0.3, 0.4) is 0 Å². The first-order chi connectivity index (χ1) is 24.3. The highest BCUT2D eigenvalue weighted by Crippen LogP contribution is 2.75. The van der Waals surface area contributed by atoms with Crippen LogP contribution in [0.4, 0.5) is 0 Å². The summed E-state index contributed by atoms with van der Waals surface area (Å²) in [6, 6.07) is 0. The van der Waals surface area contributed by atoms with Crippen molar-refractivity contribution in [2.24, 2.45) is 50.7 Å². The van der Waals surface area contributed by atoms with Crippen molar-refractivity contribution in [2.45, 2.75) is 146 Å². The predicted molar refractivity (Wildman–Crippen MR) is 202 cm³/mol. The van der Waals surface area contributed by atoms with E-state index in [2.05, 4.69) is 40.7 Å². The number of fused-ring (bicyclic) bond motifs is 7. The maximum atomic E-state index is 13.1. The minimum absolute atomic E-state index is 0.0475. The molecule has 8 heteroatoms. The molecule has 5 aliphatic carbocycles. The standard InChI is InChI=1S/C44H66O8/c1-12-26(4)37(47)50-24-29-30-17-20-42(10)34(41(30,9)19-18-33(29)52-39(49)28(6)14-3)16-15-31-32-21-40(7,8)35(45)23-44(32,36(46)22-43(31,42)11)25-51-38(48)27(5)13-2/h12-15,29-30,32-36,45-46H,16-25H2,1-11H3/b26-12-,27-13-,28-14-/t29-,30?,32?,33+,34?,35+,36-,41+,42-,43-,44-/m1/s1. The van der Waals surface area contributed by atoms with Gasteiger partial charge < -0.3 is 24.4 Å². The summed E-state index contributed by atoms with van der Waals surface area (Å²) in [5, 5.41) is 23.9. The first kappa shape index (κ1) is 40.5. The monoisotopic (exact) mass is 722 g/mol. The molecule has 5 rings (SSSR count). The number of rotatable bonds is 8. The second-order valence-corrected chi connectivity index (χ2v) is 18.5. The summed E-state index contributed by atoms with van der Waals surface area (Å²) in [5.41, 5.74) is 1.28. The van der Waals surface area contributed by atoms with Gasteiger partial charge in [0.15, 0.2) is 0 Å². The predicted octanol–water partition coefficient (Wildman–Crippen LogP) is 8.22. The van der Waals surface area contributed by atoms with Crippen molar-refractivity contribution >= 4 is 17.9 Å². The van der Waals surface area contributed by atoms with Gasteiger partial charge in [-0.25, -0.2) is 14.4 Å². The quantitative estimate of drug-likeness (QED) is 0.111. The van der Waals surface area contributed by atoms with Crippen LogP contribution in [0.2, 0.25) is 0 Å². The van der Waals surface area contributed by atoms with E-state index in [1.807, 2.05) is 20.8 Å². The Morgan fingerprint density at radius 1 is 0.788 bits per heavy atom. The second kappa shape index (κ2) is 14.5. The largest absolute Gasteiger partial charge is 0.462 e. The van der Waals surface area contributed by atoms with Crippen molar-refractivity contribution in [3.05, 3.63) is 46.6 Å². The first-order valence-corrected chi connectivity index (χ1v) is 19.8. The van der Waals surface area contributed by atoms with E-state index in [1.165, 1.54) is 5.57 Å². The lowest BCUT2D eigenvalue weighted by Gasteiger charge is -2.71. The van der Waals surface area contributed by atoms with Crippen LogP contribution in [0, 0.1) is 50.7 Å². The summed E-state index contributed by atoms with van der Waals surface area (Å²) in [7, 11) is 0. The van der Waals surface area contributed by atoms with E-state index >= 15 is 0 Å². The topological polar surface area (TPSA) is 119 Å². The minimum Gasteiger partial charge on any atom is -0.462 e. The molecule has 4 fully saturated rings. The maximum Gasteiger partial charge on any atom is 0.333 e. The number of carbonyl (C=O) groups is 3. The number of aliphatic hydroxyl groups is 2. The van der Waals surface area contributed by atoms with E-state index < -0.39 is 17.6 Å². The van der Waals surface area contributed by atoms with Gasteiger partial charge in [-0.3, -0.25) is 0 Å². The molecule has 0 saturated heterocycles. The van der Waals surface area contributed by atoms with Crippen molar-refractivity contribution in [1.29, 1.82) is 0 Å². The third-order valence-electron chi connectivity index (χ3n) is 15.8. The summed E-state index contributed by atoms with van der Waals surface area (Å²) in [6.07, 6.45) is 11.9. The molecular weight excluding hydrogens is 656 g/mol. The molecule has 11 atom stereocenters. The highest BCUT2D eigenvalue weighted by atomic mass is 16.6. The highest BCUT2D eigenvalue weighted by molar-refractivity contribution is 5.88. The van der Waals surface area contributed by atoms with Gasteiger partial charge in [-0.05, 0) is 132 Å². The van der Waals surface area contributed by atoms with Crippen molar-refractivity contribution in [3.63, 3.8) is 0 Å². The van der Waals surface area contributed by atoms with Gasteiger partial charge in [0, 0.05) is 28.1 Å². The van der Waals surface area contributed by atoms with Gasteiger partial charge in [-0.1, -0.05) is 64.5 Å². The number of hydrogen-bond donors (Lipinski definition) is 2. The van der Waals surface area contributed by atoms with Gasteiger partial charge >= 0.3 is 17.9 Å². The fourth-order valence-corrected chi connectivity index (χ4v) is 11.6. The number of carbonyl (C=O) groups excluding carboxylic acids is 3. The van der Waals surface area contributed by atoms with Gasteiger partial charge in [-0.2, -0.15) is 0 Å². The van der Waals surface area contributed by atoms with E-state index in [9.17, 15) is 24.6 Å². The average molecular weight is 723 g/mol. The van der Waals surface area contributed by atoms with Crippen molar-refractivity contribution in [1.82, 2.24) is 0 Å². The first-order valence-electron chi connectivity index (χ1n) is 19.8. The summed E-state index contributed by atoms with van der Waals surface area (Å²) in [4.78, 5) is 38.9. The fourth-order valence-electron chi connectivity index (χ4n) is 11.6. The fraction of sp³-hybridized carbons (Fsp3) is 0.750. The smallest absolute Gasteiger partial charge is 0.333 e. The van der Waals surface area contributed by atoms with Crippen LogP contribution < -0.4 is 0 Å². The summed E-state index contributed by atoms with van der Waals surface area (Å²) < 4.78 is 18.1. The molecule has 5 aliphatic rings. The lowest BCUT2D eigenvalue weighted by molar-refractivity contribution is -0.222. The Kier molecular flexibility index (Phi) is 11.3.